The average Bonchev–Trinajstić information content (AvgIpc) is 2.51. The summed E-state index contributed by atoms with van der Waals surface area (Å²) in [6.07, 6.45) is 5.79. The molecule has 0 aliphatic heterocycles. The molecule has 0 saturated heterocycles. The van der Waals surface area contributed by atoms with Gasteiger partial charge in [0.25, 0.3) is 0 Å². The molecule has 86 valence electrons. The molecule has 0 aromatic heterocycles. The number of hydrogen-bond acceptors (Lipinski definition) is 1. The van der Waals surface area contributed by atoms with Gasteiger partial charge >= 0.3 is 0 Å². The summed E-state index contributed by atoms with van der Waals surface area (Å²) in [5.41, 5.74) is 0.789. The molecule has 0 amide bonds. The summed E-state index contributed by atoms with van der Waals surface area (Å²) in [6.45, 7) is 10.9. The number of allylic oxidation sites excluding steroid dienone is 1. The minimum Gasteiger partial charge on any atom is -0.385 e. The maximum atomic E-state index is 11.1. The maximum absolute atomic E-state index is 11.1. The Morgan fingerprint density at radius 1 is 1.27 bits per heavy atom. The maximum Gasteiger partial charge on any atom is 0.0936 e. The zero-order chi connectivity index (χ0) is 11.5. The van der Waals surface area contributed by atoms with Gasteiger partial charge in [-0.3, -0.25) is 0 Å². The lowest BCUT2D eigenvalue weighted by Crippen LogP contribution is -2.52. The van der Waals surface area contributed by atoms with Gasteiger partial charge in [0, 0.05) is 10.8 Å². The standard InChI is InChI=1S/C14H24O/c1-10(2)8-14(15)12(3,4)11-6-7-13(14,5)9-11/h8,11,15H,6-7,9H2,1-5H3/t11-,13+,14+/m0/s1. The van der Waals surface area contributed by atoms with Crippen LogP contribution in [0, 0.1) is 16.7 Å². The van der Waals surface area contributed by atoms with Crippen LogP contribution in [0.2, 0.25) is 0 Å². The minimum atomic E-state index is -0.595. The normalized spacial score (nSPS) is 46.9. The lowest BCUT2D eigenvalue weighted by atomic mass is 9.60. The molecule has 0 unspecified atom stereocenters. The molecule has 15 heavy (non-hydrogen) atoms. The fourth-order valence-corrected chi connectivity index (χ4v) is 4.07. The van der Waals surface area contributed by atoms with Crippen molar-refractivity contribution in [3.63, 3.8) is 0 Å². The Morgan fingerprint density at radius 2 is 1.87 bits per heavy atom. The van der Waals surface area contributed by atoms with Crippen molar-refractivity contribution < 1.29 is 5.11 Å². The lowest BCUT2D eigenvalue weighted by molar-refractivity contribution is -0.104. The average molecular weight is 208 g/mol. The van der Waals surface area contributed by atoms with Gasteiger partial charge in [0.05, 0.1) is 5.60 Å². The van der Waals surface area contributed by atoms with E-state index in [9.17, 15) is 5.11 Å². The summed E-state index contributed by atoms with van der Waals surface area (Å²) < 4.78 is 0. The predicted octanol–water partition coefficient (Wildman–Crippen LogP) is 3.53. The van der Waals surface area contributed by atoms with Gasteiger partial charge in [-0.25, -0.2) is 0 Å². The quantitative estimate of drug-likeness (QED) is 0.654. The highest BCUT2D eigenvalue weighted by atomic mass is 16.3. The van der Waals surface area contributed by atoms with Gasteiger partial charge in [0.2, 0.25) is 0 Å². The van der Waals surface area contributed by atoms with E-state index in [-0.39, 0.29) is 10.8 Å². The highest BCUT2D eigenvalue weighted by Crippen LogP contribution is 2.68. The Kier molecular flexibility index (Phi) is 2.15. The van der Waals surface area contributed by atoms with Crippen LogP contribution in [-0.2, 0) is 0 Å². The molecule has 2 fully saturated rings. The van der Waals surface area contributed by atoms with Crippen LogP contribution in [0.5, 0.6) is 0 Å². The molecule has 2 saturated carbocycles. The van der Waals surface area contributed by atoms with Gasteiger partial charge in [0.1, 0.15) is 0 Å². The third-order valence-corrected chi connectivity index (χ3v) is 5.16. The predicted molar refractivity (Wildman–Crippen MR) is 63.6 cm³/mol. The molecule has 2 rings (SSSR count). The number of fused-ring (bicyclic) bond motifs is 2. The van der Waals surface area contributed by atoms with E-state index in [0.29, 0.717) is 5.92 Å². The first kappa shape index (κ1) is 11.2. The fraction of sp³-hybridized carbons (Fsp3) is 0.857. The van der Waals surface area contributed by atoms with Crippen molar-refractivity contribution in [2.45, 2.75) is 59.5 Å². The van der Waals surface area contributed by atoms with Gasteiger partial charge in [0.15, 0.2) is 0 Å². The highest BCUT2D eigenvalue weighted by molar-refractivity contribution is 5.27. The molecule has 2 aliphatic rings. The largest absolute Gasteiger partial charge is 0.385 e. The number of hydrogen-bond donors (Lipinski definition) is 1. The molecule has 2 bridgehead atoms. The summed E-state index contributed by atoms with van der Waals surface area (Å²) in [5.74, 6) is 0.697. The summed E-state index contributed by atoms with van der Waals surface area (Å²) in [4.78, 5) is 0. The number of rotatable bonds is 1. The van der Waals surface area contributed by atoms with E-state index >= 15 is 0 Å². The van der Waals surface area contributed by atoms with E-state index in [2.05, 4.69) is 40.7 Å². The van der Waals surface area contributed by atoms with Crippen LogP contribution < -0.4 is 0 Å². The van der Waals surface area contributed by atoms with Crippen molar-refractivity contribution in [3.8, 4) is 0 Å². The van der Waals surface area contributed by atoms with E-state index in [1.807, 2.05) is 0 Å². The van der Waals surface area contributed by atoms with Crippen molar-refractivity contribution in [1.29, 1.82) is 0 Å². The number of aliphatic hydroxyl groups is 1. The first-order chi connectivity index (χ1) is 6.73. The molecule has 0 aromatic rings. The summed E-state index contributed by atoms with van der Waals surface area (Å²) in [7, 11) is 0. The fourth-order valence-electron chi connectivity index (χ4n) is 4.07. The Labute approximate surface area is 93.6 Å². The Morgan fingerprint density at radius 3 is 2.27 bits per heavy atom. The molecule has 2 aliphatic carbocycles. The molecule has 1 nitrogen and oxygen atoms in total. The molecular formula is C14H24O. The molecule has 3 atom stereocenters. The third-order valence-electron chi connectivity index (χ3n) is 5.16. The van der Waals surface area contributed by atoms with E-state index in [1.54, 1.807) is 0 Å². The molecular weight excluding hydrogens is 184 g/mol. The van der Waals surface area contributed by atoms with E-state index in [1.165, 1.54) is 24.8 Å². The van der Waals surface area contributed by atoms with Crippen LogP contribution >= 0.6 is 0 Å². The highest BCUT2D eigenvalue weighted by Gasteiger charge is 2.67. The first-order valence-corrected chi connectivity index (χ1v) is 6.11. The Hall–Kier alpha value is -0.300. The van der Waals surface area contributed by atoms with Gasteiger partial charge in [-0.15, -0.1) is 0 Å². The van der Waals surface area contributed by atoms with Crippen LogP contribution in [0.1, 0.15) is 53.9 Å². The van der Waals surface area contributed by atoms with Gasteiger partial charge in [-0.05, 0) is 39.0 Å². The molecule has 1 heteroatoms. The van der Waals surface area contributed by atoms with Crippen LogP contribution in [0.25, 0.3) is 0 Å². The SMILES string of the molecule is CC(C)=C[C@@]1(O)C(C)(C)[C@H]2CC[C@]1(C)C2. The van der Waals surface area contributed by atoms with Crippen LogP contribution in [0.4, 0.5) is 0 Å². The van der Waals surface area contributed by atoms with E-state index in [0.717, 1.165) is 0 Å². The van der Waals surface area contributed by atoms with Gasteiger partial charge < -0.3 is 5.11 Å². The first-order valence-electron chi connectivity index (χ1n) is 6.11. The monoisotopic (exact) mass is 208 g/mol. The van der Waals surface area contributed by atoms with Gasteiger partial charge in [-0.2, -0.15) is 0 Å². The molecule has 0 heterocycles. The zero-order valence-corrected chi connectivity index (χ0v) is 10.7. The van der Waals surface area contributed by atoms with Crippen molar-refractivity contribution in [1.82, 2.24) is 0 Å². The van der Waals surface area contributed by atoms with E-state index < -0.39 is 5.60 Å². The summed E-state index contributed by atoms with van der Waals surface area (Å²) in [6, 6.07) is 0. The Bertz CT molecular complexity index is 305. The lowest BCUT2D eigenvalue weighted by Gasteiger charge is -2.49. The minimum absolute atomic E-state index is 0.0390. The van der Waals surface area contributed by atoms with Crippen molar-refractivity contribution in [2.75, 3.05) is 0 Å². The van der Waals surface area contributed by atoms with E-state index in [4.69, 9.17) is 0 Å². The van der Waals surface area contributed by atoms with Crippen LogP contribution in [-0.4, -0.2) is 10.7 Å². The Balaban J connectivity index is 2.50. The second-order valence-corrected chi connectivity index (χ2v) is 6.71. The van der Waals surface area contributed by atoms with Gasteiger partial charge in [-0.1, -0.05) is 32.4 Å². The molecule has 0 radical (unpaired) electrons. The second kappa shape index (κ2) is 2.88. The van der Waals surface area contributed by atoms with Crippen molar-refractivity contribution in [2.24, 2.45) is 16.7 Å². The smallest absolute Gasteiger partial charge is 0.0936 e. The summed E-state index contributed by atoms with van der Waals surface area (Å²) in [5, 5.41) is 11.1. The molecule has 0 spiro atoms. The third kappa shape index (κ3) is 1.19. The summed E-state index contributed by atoms with van der Waals surface area (Å²) >= 11 is 0. The van der Waals surface area contributed by atoms with Crippen LogP contribution in [0.15, 0.2) is 11.6 Å². The second-order valence-electron chi connectivity index (χ2n) is 6.71. The topological polar surface area (TPSA) is 20.2 Å². The van der Waals surface area contributed by atoms with Crippen LogP contribution in [0.3, 0.4) is 0 Å². The van der Waals surface area contributed by atoms with Crippen molar-refractivity contribution >= 4 is 0 Å². The zero-order valence-electron chi connectivity index (χ0n) is 10.7. The molecule has 0 aromatic carbocycles. The molecule has 1 N–H and O–H groups in total. The van der Waals surface area contributed by atoms with Crippen molar-refractivity contribution in [3.05, 3.63) is 11.6 Å².